The summed E-state index contributed by atoms with van der Waals surface area (Å²) < 4.78 is 13.5. The Morgan fingerprint density at radius 1 is 1.17 bits per heavy atom. The first kappa shape index (κ1) is 14.9. The van der Waals surface area contributed by atoms with Crippen molar-refractivity contribution >= 4 is 16.9 Å². The van der Waals surface area contributed by atoms with Crippen molar-refractivity contribution in [1.82, 2.24) is 15.0 Å². The Labute approximate surface area is 139 Å². The number of halogens is 1. The molecule has 0 saturated heterocycles. The van der Waals surface area contributed by atoms with Gasteiger partial charge in [0.2, 0.25) is 0 Å². The molecule has 2 N–H and O–H groups in total. The van der Waals surface area contributed by atoms with Gasteiger partial charge in [-0.2, -0.15) is 0 Å². The fourth-order valence-corrected chi connectivity index (χ4v) is 3.17. The average Bonchev–Trinajstić information content (AvgIpc) is 3.06. The zero-order valence-corrected chi connectivity index (χ0v) is 13.3. The van der Waals surface area contributed by atoms with Crippen molar-refractivity contribution in [2.24, 2.45) is 0 Å². The molecule has 0 atom stereocenters. The van der Waals surface area contributed by atoms with E-state index < -0.39 is 0 Å². The SMILES string of the molecule is C=C1CCC(Nc2nc(-c3cccc(F)c3)nc3[nH]ccc23)CC1. The second-order valence-corrected chi connectivity index (χ2v) is 6.31. The van der Waals surface area contributed by atoms with Gasteiger partial charge < -0.3 is 10.3 Å². The molecule has 24 heavy (non-hydrogen) atoms. The van der Waals surface area contributed by atoms with Gasteiger partial charge in [0, 0.05) is 17.8 Å². The molecular formula is C19H19FN4. The summed E-state index contributed by atoms with van der Waals surface area (Å²) in [5.74, 6) is 1.04. The van der Waals surface area contributed by atoms with Gasteiger partial charge in [0.25, 0.3) is 0 Å². The summed E-state index contributed by atoms with van der Waals surface area (Å²) in [4.78, 5) is 12.3. The monoisotopic (exact) mass is 322 g/mol. The van der Waals surface area contributed by atoms with Crippen molar-refractivity contribution in [3.8, 4) is 11.4 Å². The number of rotatable bonds is 3. The topological polar surface area (TPSA) is 53.6 Å². The number of benzene rings is 1. The molecule has 3 aromatic rings. The molecule has 122 valence electrons. The van der Waals surface area contributed by atoms with Crippen LogP contribution in [0.1, 0.15) is 25.7 Å². The lowest BCUT2D eigenvalue weighted by atomic mass is 9.92. The minimum atomic E-state index is -0.289. The van der Waals surface area contributed by atoms with Gasteiger partial charge in [-0.25, -0.2) is 14.4 Å². The molecule has 0 bridgehead atoms. The molecule has 1 aliphatic rings. The predicted molar refractivity (Wildman–Crippen MR) is 94.3 cm³/mol. The average molecular weight is 322 g/mol. The van der Waals surface area contributed by atoms with Crippen molar-refractivity contribution in [1.29, 1.82) is 0 Å². The van der Waals surface area contributed by atoms with Gasteiger partial charge in [0.15, 0.2) is 5.82 Å². The summed E-state index contributed by atoms with van der Waals surface area (Å²) in [6.45, 7) is 4.07. The van der Waals surface area contributed by atoms with Crippen LogP contribution in [-0.2, 0) is 0 Å². The molecule has 0 aliphatic heterocycles. The van der Waals surface area contributed by atoms with Gasteiger partial charge in [0.05, 0.1) is 5.39 Å². The fraction of sp³-hybridized carbons (Fsp3) is 0.263. The third-order valence-electron chi connectivity index (χ3n) is 4.53. The molecule has 1 aliphatic carbocycles. The standard InChI is InChI=1S/C19H19FN4/c1-12-5-7-15(8-6-12)22-19-16-9-10-21-18(16)23-17(24-19)13-3-2-4-14(20)11-13/h2-4,9-11,15H,1,5-8H2,(H2,21,22,23,24). The van der Waals surface area contributed by atoms with Crippen LogP contribution in [-0.4, -0.2) is 21.0 Å². The quantitative estimate of drug-likeness (QED) is 0.689. The Kier molecular flexibility index (Phi) is 3.76. The fourth-order valence-electron chi connectivity index (χ4n) is 3.17. The lowest BCUT2D eigenvalue weighted by molar-refractivity contribution is 0.540. The molecule has 2 heterocycles. The molecule has 4 rings (SSSR count). The molecule has 1 fully saturated rings. The summed E-state index contributed by atoms with van der Waals surface area (Å²) in [5.41, 5.74) is 2.75. The van der Waals surface area contributed by atoms with E-state index in [-0.39, 0.29) is 5.82 Å². The van der Waals surface area contributed by atoms with Crippen LogP contribution in [0.25, 0.3) is 22.4 Å². The molecule has 0 amide bonds. The lowest BCUT2D eigenvalue weighted by Gasteiger charge is -2.25. The van der Waals surface area contributed by atoms with Crippen LogP contribution in [0.2, 0.25) is 0 Å². The zero-order valence-electron chi connectivity index (χ0n) is 13.3. The largest absolute Gasteiger partial charge is 0.367 e. The van der Waals surface area contributed by atoms with Crippen molar-refractivity contribution in [3.63, 3.8) is 0 Å². The van der Waals surface area contributed by atoms with Crippen molar-refractivity contribution in [2.75, 3.05) is 5.32 Å². The Morgan fingerprint density at radius 2 is 2.00 bits per heavy atom. The van der Waals surface area contributed by atoms with Gasteiger partial charge in [-0.15, -0.1) is 0 Å². The van der Waals surface area contributed by atoms with Gasteiger partial charge in [0.1, 0.15) is 17.3 Å². The van der Waals surface area contributed by atoms with Crippen molar-refractivity contribution in [2.45, 2.75) is 31.7 Å². The predicted octanol–water partition coefficient (Wildman–Crippen LogP) is 4.67. The van der Waals surface area contributed by atoms with Crippen LogP contribution < -0.4 is 5.32 Å². The Bertz CT molecular complexity index is 889. The second-order valence-electron chi connectivity index (χ2n) is 6.31. The number of anilines is 1. The maximum absolute atomic E-state index is 13.5. The third-order valence-corrected chi connectivity index (χ3v) is 4.53. The Hall–Kier alpha value is -2.69. The van der Waals surface area contributed by atoms with Crippen molar-refractivity contribution in [3.05, 3.63) is 54.5 Å². The number of hydrogen-bond acceptors (Lipinski definition) is 3. The van der Waals surface area contributed by atoms with Crippen molar-refractivity contribution < 1.29 is 4.39 Å². The second kappa shape index (κ2) is 6.07. The first-order chi connectivity index (χ1) is 11.7. The third kappa shape index (κ3) is 2.89. The minimum Gasteiger partial charge on any atom is -0.367 e. The van der Waals surface area contributed by atoms with E-state index in [1.54, 1.807) is 6.07 Å². The number of fused-ring (bicyclic) bond motifs is 1. The first-order valence-electron chi connectivity index (χ1n) is 8.23. The molecule has 2 aromatic heterocycles. The summed E-state index contributed by atoms with van der Waals surface area (Å²) in [7, 11) is 0. The molecule has 1 aromatic carbocycles. The molecule has 4 nitrogen and oxygen atoms in total. The molecule has 0 unspecified atom stereocenters. The van der Waals surface area contributed by atoms with Gasteiger partial charge in [-0.3, -0.25) is 0 Å². The Balaban J connectivity index is 1.71. The summed E-state index contributed by atoms with van der Waals surface area (Å²) in [6.07, 6.45) is 6.07. The molecule has 1 saturated carbocycles. The van der Waals surface area contributed by atoms with E-state index in [0.717, 1.165) is 42.5 Å². The number of aromatic amines is 1. The van der Waals surface area contributed by atoms with Crippen LogP contribution in [0.4, 0.5) is 10.2 Å². The lowest BCUT2D eigenvalue weighted by Crippen LogP contribution is -2.23. The highest BCUT2D eigenvalue weighted by Gasteiger charge is 2.18. The maximum Gasteiger partial charge on any atom is 0.164 e. The Morgan fingerprint density at radius 3 is 2.79 bits per heavy atom. The molecule has 0 radical (unpaired) electrons. The first-order valence-corrected chi connectivity index (χ1v) is 8.23. The zero-order chi connectivity index (χ0) is 16.5. The number of nitrogens with zero attached hydrogens (tertiary/aromatic N) is 2. The van der Waals surface area contributed by atoms with Gasteiger partial charge in [-0.05, 0) is 43.9 Å². The van der Waals surface area contributed by atoms with E-state index in [4.69, 9.17) is 0 Å². The summed E-state index contributed by atoms with van der Waals surface area (Å²) >= 11 is 0. The highest BCUT2D eigenvalue weighted by molar-refractivity contribution is 5.88. The summed E-state index contributed by atoms with van der Waals surface area (Å²) in [6, 6.07) is 8.72. The number of nitrogens with one attached hydrogen (secondary N) is 2. The number of H-pyrrole nitrogens is 1. The van der Waals surface area contributed by atoms with E-state index in [1.807, 2.05) is 18.3 Å². The highest BCUT2D eigenvalue weighted by Crippen LogP contribution is 2.29. The molecule has 5 heteroatoms. The van der Waals surface area contributed by atoms with Crippen LogP contribution in [0.3, 0.4) is 0 Å². The van der Waals surface area contributed by atoms with E-state index in [1.165, 1.54) is 17.7 Å². The number of allylic oxidation sites excluding steroid dienone is 1. The number of aromatic nitrogens is 3. The van der Waals surface area contributed by atoms with E-state index in [2.05, 4.69) is 26.8 Å². The van der Waals surface area contributed by atoms with Gasteiger partial charge in [-0.1, -0.05) is 24.3 Å². The molecule has 0 spiro atoms. The number of hydrogen-bond donors (Lipinski definition) is 2. The molecular weight excluding hydrogens is 303 g/mol. The van der Waals surface area contributed by atoms with E-state index in [9.17, 15) is 4.39 Å². The minimum absolute atomic E-state index is 0.289. The van der Waals surface area contributed by atoms with Crippen LogP contribution in [0.15, 0.2) is 48.7 Å². The normalized spacial score (nSPS) is 15.8. The smallest absolute Gasteiger partial charge is 0.164 e. The van der Waals surface area contributed by atoms with E-state index >= 15 is 0 Å². The van der Waals surface area contributed by atoms with Crippen LogP contribution in [0.5, 0.6) is 0 Å². The van der Waals surface area contributed by atoms with Gasteiger partial charge >= 0.3 is 0 Å². The maximum atomic E-state index is 13.5. The van der Waals surface area contributed by atoms with Crippen LogP contribution in [0, 0.1) is 5.82 Å². The van der Waals surface area contributed by atoms with E-state index in [0.29, 0.717) is 17.4 Å². The summed E-state index contributed by atoms with van der Waals surface area (Å²) in [5, 5.41) is 4.51. The highest BCUT2D eigenvalue weighted by atomic mass is 19.1. The van der Waals surface area contributed by atoms with Crippen LogP contribution >= 0.6 is 0 Å².